The molecule has 1 aromatic heterocycles. The molecule has 2 aromatic rings. The van der Waals surface area contributed by atoms with Gasteiger partial charge in [-0.3, -0.25) is 0 Å². The lowest BCUT2D eigenvalue weighted by Crippen LogP contribution is -2.07. The SMILES string of the molecule is O=C(O)c1cc(Cl)cn1-c1cc(Cl)ccc1F. The highest BCUT2D eigenvalue weighted by atomic mass is 35.5. The molecule has 1 heterocycles. The van der Waals surface area contributed by atoms with E-state index in [1.807, 2.05) is 0 Å². The average molecular weight is 274 g/mol. The van der Waals surface area contributed by atoms with Crippen LogP contribution >= 0.6 is 23.2 Å². The molecule has 0 spiro atoms. The topological polar surface area (TPSA) is 42.2 Å². The number of aromatic carboxylic acids is 1. The Labute approximate surface area is 106 Å². The molecule has 0 amide bonds. The first-order chi connectivity index (χ1) is 7.99. The van der Waals surface area contributed by atoms with Gasteiger partial charge in [-0.15, -0.1) is 0 Å². The summed E-state index contributed by atoms with van der Waals surface area (Å²) in [5.74, 6) is -1.78. The van der Waals surface area contributed by atoms with Gasteiger partial charge >= 0.3 is 5.97 Å². The van der Waals surface area contributed by atoms with Crippen LogP contribution in [0.2, 0.25) is 10.0 Å². The van der Waals surface area contributed by atoms with Crippen LogP contribution in [0.3, 0.4) is 0 Å². The lowest BCUT2D eigenvalue weighted by molar-refractivity contribution is 0.0688. The van der Waals surface area contributed by atoms with E-state index in [-0.39, 0.29) is 16.4 Å². The van der Waals surface area contributed by atoms with Gasteiger partial charge in [-0.1, -0.05) is 23.2 Å². The van der Waals surface area contributed by atoms with Crippen molar-refractivity contribution in [2.24, 2.45) is 0 Å². The Balaban J connectivity index is 2.67. The summed E-state index contributed by atoms with van der Waals surface area (Å²) in [5, 5.41) is 9.48. The van der Waals surface area contributed by atoms with E-state index in [9.17, 15) is 9.18 Å². The summed E-state index contributed by atoms with van der Waals surface area (Å²) in [6.45, 7) is 0. The average Bonchev–Trinajstić information content (AvgIpc) is 2.64. The Bertz CT molecular complexity index is 595. The lowest BCUT2D eigenvalue weighted by Gasteiger charge is -2.07. The molecule has 1 aromatic carbocycles. The number of halogens is 3. The summed E-state index contributed by atoms with van der Waals surface area (Å²) in [6.07, 6.45) is 1.32. The fraction of sp³-hybridized carbons (Fsp3) is 0. The summed E-state index contributed by atoms with van der Waals surface area (Å²) in [7, 11) is 0. The van der Waals surface area contributed by atoms with Gasteiger partial charge in [0.2, 0.25) is 0 Å². The standard InChI is InChI=1S/C11H6Cl2FNO2/c12-6-1-2-8(14)9(3-6)15-5-7(13)4-10(15)11(16)17/h1-5H,(H,16,17). The zero-order valence-electron chi connectivity index (χ0n) is 8.32. The predicted octanol–water partition coefficient (Wildman–Crippen LogP) is 3.62. The number of rotatable bonds is 2. The van der Waals surface area contributed by atoms with E-state index in [0.717, 1.165) is 10.6 Å². The molecule has 1 N–H and O–H groups in total. The normalized spacial score (nSPS) is 10.5. The van der Waals surface area contributed by atoms with Crippen molar-refractivity contribution in [3.63, 3.8) is 0 Å². The second-order valence-corrected chi connectivity index (χ2v) is 4.19. The molecule has 0 atom stereocenters. The molecule has 0 aliphatic rings. The van der Waals surface area contributed by atoms with E-state index < -0.39 is 11.8 Å². The number of carboxylic acid groups (broad SMARTS) is 1. The molecule has 0 radical (unpaired) electrons. The second kappa shape index (κ2) is 4.39. The van der Waals surface area contributed by atoms with Gasteiger partial charge in [-0.25, -0.2) is 9.18 Å². The third-order valence-corrected chi connectivity index (χ3v) is 2.62. The van der Waals surface area contributed by atoms with Crippen LogP contribution in [0.5, 0.6) is 0 Å². The smallest absolute Gasteiger partial charge is 0.352 e. The summed E-state index contributed by atoms with van der Waals surface area (Å²) >= 11 is 11.5. The quantitative estimate of drug-likeness (QED) is 0.908. The Morgan fingerprint density at radius 1 is 1.24 bits per heavy atom. The number of nitrogens with zero attached hydrogens (tertiary/aromatic N) is 1. The van der Waals surface area contributed by atoms with Gasteiger partial charge in [-0.2, -0.15) is 0 Å². The predicted molar refractivity (Wildman–Crippen MR) is 62.7 cm³/mol. The molecule has 88 valence electrons. The van der Waals surface area contributed by atoms with Crippen molar-refractivity contribution >= 4 is 29.2 Å². The minimum absolute atomic E-state index is 0.0433. The van der Waals surface area contributed by atoms with E-state index in [1.54, 1.807) is 0 Å². The Morgan fingerprint density at radius 2 is 1.94 bits per heavy atom. The van der Waals surface area contributed by atoms with Crippen molar-refractivity contribution in [1.29, 1.82) is 0 Å². The summed E-state index contributed by atoms with van der Waals surface area (Å²) in [5.41, 5.74) is -0.0852. The minimum Gasteiger partial charge on any atom is -0.477 e. The number of carbonyl (C=O) groups is 1. The van der Waals surface area contributed by atoms with Crippen molar-refractivity contribution in [1.82, 2.24) is 4.57 Å². The highest BCUT2D eigenvalue weighted by molar-refractivity contribution is 6.31. The number of hydrogen-bond donors (Lipinski definition) is 1. The summed E-state index contributed by atoms with van der Waals surface area (Å²) in [4.78, 5) is 11.0. The first-order valence-electron chi connectivity index (χ1n) is 4.55. The van der Waals surface area contributed by atoms with E-state index in [1.165, 1.54) is 24.4 Å². The van der Waals surface area contributed by atoms with Gasteiger partial charge in [0.1, 0.15) is 11.5 Å². The molecule has 0 saturated heterocycles. The fourth-order valence-electron chi connectivity index (χ4n) is 1.46. The third-order valence-electron chi connectivity index (χ3n) is 2.17. The molecular formula is C11H6Cl2FNO2. The maximum atomic E-state index is 13.6. The number of benzene rings is 1. The van der Waals surface area contributed by atoms with E-state index in [4.69, 9.17) is 28.3 Å². The van der Waals surface area contributed by atoms with Crippen molar-refractivity contribution < 1.29 is 14.3 Å². The third kappa shape index (κ3) is 2.28. The van der Waals surface area contributed by atoms with Gasteiger partial charge in [0, 0.05) is 11.2 Å². The molecule has 0 unspecified atom stereocenters. The van der Waals surface area contributed by atoms with Crippen LogP contribution in [0.15, 0.2) is 30.5 Å². The first-order valence-corrected chi connectivity index (χ1v) is 5.31. The van der Waals surface area contributed by atoms with Crippen LogP contribution in [-0.2, 0) is 0 Å². The summed E-state index contributed by atoms with van der Waals surface area (Å²) < 4.78 is 14.7. The van der Waals surface area contributed by atoms with Crippen LogP contribution in [-0.4, -0.2) is 15.6 Å². The van der Waals surface area contributed by atoms with Gasteiger partial charge in [0.25, 0.3) is 0 Å². The van der Waals surface area contributed by atoms with E-state index >= 15 is 0 Å². The molecular weight excluding hydrogens is 268 g/mol. The molecule has 17 heavy (non-hydrogen) atoms. The van der Waals surface area contributed by atoms with Gasteiger partial charge < -0.3 is 9.67 Å². The highest BCUT2D eigenvalue weighted by Crippen LogP contribution is 2.24. The van der Waals surface area contributed by atoms with Crippen molar-refractivity contribution in [2.45, 2.75) is 0 Å². The van der Waals surface area contributed by atoms with Crippen LogP contribution in [0.1, 0.15) is 10.5 Å². The molecule has 0 aliphatic carbocycles. The van der Waals surface area contributed by atoms with Crippen LogP contribution in [0, 0.1) is 5.82 Å². The molecule has 0 saturated carbocycles. The Morgan fingerprint density at radius 3 is 2.59 bits per heavy atom. The summed E-state index contributed by atoms with van der Waals surface area (Å²) in [6, 6.07) is 5.12. The Kier molecular flexibility index (Phi) is 3.09. The number of hydrogen-bond acceptors (Lipinski definition) is 1. The maximum Gasteiger partial charge on any atom is 0.352 e. The second-order valence-electron chi connectivity index (χ2n) is 3.31. The highest BCUT2D eigenvalue weighted by Gasteiger charge is 2.15. The van der Waals surface area contributed by atoms with Crippen LogP contribution in [0.4, 0.5) is 4.39 Å². The molecule has 0 fully saturated rings. The molecule has 6 heteroatoms. The number of aromatic nitrogens is 1. The van der Waals surface area contributed by atoms with Crippen molar-refractivity contribution in [2.75, 3.05) is 0 Å². The van der Waals surface area contributed by atoms with E-state index in [0.29, 0.717) is 5.02 Å². The lowest BCUT2D eigenvalue weighted by atomic mass is 10.3. The largest absolute Gasteiger partial charge is 0.477 e. The number of carboxylic acids is 1. The van der Waals surface area contributed by atoms with Crippen molar-refractivity contribution in [3.8, 4) is 5.69 Å². The van der Waals surface area contributed by atoms with Crippen LogP contribution < -0.4 is 0 Å². The molecule has 0 bridgehead atoms. The monoisotopic (exact) mass is 273 g/mol. The molecule has 2 rings (SSSR count). The zero-order chi connectivity index (χ0) is 12.6. The molecule has 0 aliphatic heterocycles. The zero-order valence-corrected chi connectivity index (χ0v) is 9.84. The first kappa shape index (κ1) is 12.0. The van der Waals surface area contributed by atoms with E-state index in [2.05, 4.69) is 0 Å². The molecule has 3 nitrogen and oxygen atoms in total. The van der Waals surface area contributed by atoms with Crippen molar-refractivity contribution in [3.05, 3.63) is 52.0 Å². The maximum absolute atomic E-state index is 13.6. The van der Waals surface area contributed by atoms with Crippen LogP contribution in [0.25, 0.3) is 5.69 Å². The van der Waals surface area contributed by atoms with Gasteiger partial charge in [-0.05, 0) is 24.3 Å². The van der Waals surface area contributed by atoms with Gasteiger partial charge in [0.15, 0.2) is 0 Å². The Hall–Kier alpha value is -1.52. The van der Waals surface area contributed by atoms with Gasteiger partial charge in [0.05, 0.1) is 10.7 Å². The minimum atomic E-state index is -1.20. The fourth-order valence-corrected chi connectivity index (χ4v) is 1.83.